The highest BCUT2D eigenvalue weighted by molar-refractivity contribution is 7.13. The quantitative estimate of drug-likeness (QED) is 0.816. The van der Waals surface area contributed by atoms with Crippen LogP contribution in [-0.2, 0) is 0 Å². The second-order valence-electron chi connectivity index (χ2n) is 3.64. The van der Waals surface area contributed by atoms with E-state index in [0.717, 1.165) is 11.7 Å². The van der Waals surface area contributed by atoms with Gasteiger partial charge in [-0.1, -0.05) is 24.2 Å². The van der Waals surface area contributed by atoms with Gasteiger partial charge in [-0.25, -0.2) is 0 Å². The molecule has 4 nitrogen and oxygen atoms in total. The number of anilines is 1. The molecule has 1 fully saturated rings. The van der Waals surface area contributed by atoms with Crippen LogP contribution in [0.3, 0.4) is 0 Å². The molecule has 14 heavy (non-hydrogen) atoms. The van der Waals surface area contributed by atoms with Crippen LogP contribution in [0.2, 0.25) is 0 Å². The van der Waals surface area contributed by atoms with Gasteiger partial charge in [0.05, 0.1) is 0 Å². The Labute approximate surface area is 88.1 Å². The number of hydrogen-bond donors (Lipinski definition) is 1. The van der Waals surface area contributed by atoms with Crippen molar-refractivity contribution in [3.8, 4) is 0 Å². The van der Waals surface area contributed by atoms with Crippen molar-refractivity contribution in [2.24, 2.45) is 5.73 Å². The Morgan fingerprint density at radius 2 is 2.29 bits per heavy atom. The van der Waals surface area contributed by atoms with E-state index in [9.17, 15) is 0 Å². The van der Waals surface area contributed by atoms with E-state index in [1.807, 2.05) is 0 Å². The Morgan fingerprint density at radius 1 is 1.50 bits per heavy atom. The van der Waals surface area contributed by atoms with Crippen molar-refractivity contribution in [2.75, 3.05) is 18.0 Å². The molecule has 1 aliphatic rings. The Kier molecular flexibility index (Phi) is 3.31. The second kappa shape index (κ2) is 4.70. The molecule has 78 valence electrons. The maximum Gasteiger partial charge on any atom is 0.208 e. The summed E-state index contributed by atoms with van der Waals surface area (Å²) in [5, 5.41) is 9.03. The Hall–Kier alpha value is -0.680. The first-order valence-corrected chi connectivity index (χ1v) is 6.02. The van der Waals surface area contributed by atoms with Gasteiger partial charge in [0.1, 0.15) is 5.51 Å². The molecule has 0 unspecified atom stereocenters. The number of rotatable bonds is 4. The van der Waals surface area contributed by atoms with Crippen LogP contribution in [0.25, 0.3) is 0 Å². The molecule has 0 bridgehead atoms. The highest BCUT2D eigenvalue weighted by atomic mass is 32.1. The van der Waals surface area contributed by atoms with Crippen LogP contribution < -0.4 is 10.6 Å². The SMILES string of the molecule is NCCN(c1nncs1)C1CCCC1. The van der Waals surface area contributed by atoms with Crippen molar-refractivity contribution in [1.29, 1.82) is 0 Å². The summed E-state index contributed by atoms with van der Waals surface area (Å²) in [5.41, 5.74) is 7.40. The minimum Gasteiger partial charge on any atom is -0.342 e. The maximum atomic E-state index is 5.62. The third-order valence-electron chi connectivity index (χ3n) is 2.73. The van der Waals surface area contributed by atoms with E-state index in [1.54, 1.807) is 16.8 Å². The molecule has 0 atom stereocenters. The van der Waals surface area contributed by atoms with Gasteiger partial charge < -0.3 is 10.6 Å². The van der Waals surface area contributed by atoms with Crippen LogP contribution in [0.1, 0.15) is 25.7 Å². The lowest BCUT2D eigenvalue weighted by Gasteiger charge is -2.27. The van der Waals surface area contributed by atoms with Gasteiger partial charge in [0.25, 0.3) is 0 Å². The van der Waals surface area contributed by atoms with Crippen molar-refractivity contribution in [1.82, 2.24) is 10.2 Å². The summed E-state index contributed by atoms with van der Waals surface area (Å²) >= 11 is 1.61. The van der Waals surface area contributed by atoms with Gasteiger partial charge in [-0.15, -0.1) is 10.2 Å². The van der Waals surface area contributed by atoms with Crippen LogP contribution in [0.4, 0.5) is 5.13 Å². The first-order chi connectivity index (χ1) is 6.92. The van der Waals surface area contributed by atoms with Gasteiger partial charge in [0, 0.05) is 19.1 Å². The lowest BCUT2D eigenvalue weighted by Crippen LogP contribution is -2.37. The highest BCUT2D eigenvalue weighted by Gasteiger charge is 2.23. The van der Waals surface area contributed by atoms with Crippen LogP contribution in [0.15, 0.2) is 5.51 Å². The van der Waals surface area contributed by atoms with Crippen molar-refractivity contribution in [3.05, 3.63) is 5.51 Å². The fraction of sp³-hybridized carbons (Fsp3) is 0.778. The van der Waals surface area contributed by atoms with Gasteiger partial charge in [-0.05, 0) is 12.8 Å². The third kappa shape index (κ3) is 2.04. The summed E-state index contributed by atoms with van der Waals surface area (Å²) in [4.78, 5) is 2.32. The van der Waals surface area contributed by atoms with Gasteiger partial charge in [-0.3, -0.25) is 0 Å². The molecule has 0 radical (unpaired) electrons. The van der Waals surface area contributed by atoms with E-state index in [1.165, 1.54) is 25.7 Å². The Morgan fingerprint density at radius 3 is 2.86 bits per heavy atom. The van der Waals surface area contributed by atoms with E-state index < -0.39 is 0 Å². The molecular weight excluding hydrogens is 196 g/mol. The molecule has 1 heterocycles. The summed E-state index contributed by atoms with van der Waals surface area (Å²) in [6, 6.07) is 0.645. The molecule has 0 saturated heterocycles. The predicted octanol–water partition coefficient (Wildman–Crippen LogP) is 1.25. The number of nitrogens with two attached hydrogens (primary N) is 1. The molecule has 2 rings (SSSR count). The van der Waals surface area contributed by atoms with Crippen LogP contribution in [0.5, 0.6) is 0 Å². The average Bonchev–Trinajstić information content (AvgIpc) is 2.87. The minimum atomic E-state index is 0.645. The smallest absolute Gasteiger partial charge is 0.208 e. The predicted molar refractivity (Wildman–Crippen MR) is 58.6 cm³/mol. The molecule has 1 aromatic heterocycles. The molecule has 1 aliphatic carbocycles. The standard InChI is InChI=1S/C9H16N4S/c10-5-6-13(8-3-1-2-4-8)9-12-11-7-14-9/h7-8H,1-6,10H2. The second-order valence-corrected chi connectivity index (χ2v) is 4.45. The molecule has 2 N–H and O–H groups in total. The Balaban J connectivity index is 2.06. The molecule has 1 aromatic rings. The van der Waals surface area contributed by atoms with E-state index in [2.05, 4.69) is 15.1 Å². The van der Waals surface area contributed by atoms with Gasteiger partial charge >= 0.3 is 0 Å². The lowest BCUT2D eigenvalue weighted by atomic mass is 10.2. The fourth-order valence-corrected chi connectivity index (χ4v) is 2.74. The van der Waals surface area contributed by atoms with E-state index in [-0.39, 0.29) is 0 Å². The molecular formula is C9H16N4S. The number of aromatic nitrogens is 2. The lowest BCUT2D eigenvalue weighted by molar-refractivity contribution is 0.605. The van der Waals surface area contributed by atoms with E-state index in [0.29, 0.717) is 12.6 Å². The molecule has 0 aromatic carbocycles. The van der Waals surface area contributed by atoms with Crippen molar-refractivity contribution >= 4 is 16.5 Å². The highest BCUT2D eigenvalue weighted by Crippen LogP contribution is 2.28. The minimum absolute atomic E-state index is 0.645. The van der Waals surface area contributed by atoms with Crippen LogP contribution >= 0.6 is 11.3 Å². The van der Waals surface area contributed by atoms with Gasteiger partial charge in [0.15, 0.2) is 0 Å². The van der Waals surface area contributed by atoms with Gasteiger partial charge in [-0.2, -0.15) is 0 Å². The van der Waals surface area contributed by atoms with Crippen molar-refractivity contribution in [2.45, 2.75) is 31.7 Å². The average molecular weight is 212 g/mol. The largest absolute Gasteiger partial charge is 0.342 e. The molecule has 1 saturated carbocycles. The summed E-state index contributed by atoms with van der Waals surface area (Å²) in [6.07, 6.45) is 5.23. The normalized spacial score (nSPS) is 17.5. The Bertz CT molecular complexity index is 256. The third-order valence-corrected chi connectivity index (χ3v) is 3.46. The van der Waals surface area contributed by atoms with E-state index in [4.69, 9.17) is 5.73 Å². The molecule has 0 aliphatic heterocycles. The summed E-state index contributed by atoms with van der Waals surface area (Å²) < 4.78 is 0. The molecule has 5 heteroatoms. The van der Waals surface area contributed by atoms with Crippen LogP contribution in [0, 0.1) is 0 Å². The van der Waals surface area contributed by atoms with Crippen molar-refractivity contribution in [3.63, 3.8) is 0 Å². The summed E-state index contributed by atoms with van der Waals surface area (Å²) in [6.45, 7) is 1.59. The monoisotopic (exact) mass is 212 g/mol. The summed E-state index contributed by atoms with van der Waals surface area (Å²) in [7, 11) is 0. The zero-order valence-corrected chi connectivity index (χ0v) is 9.04. The number of hydrogen-bond acceptors (Lipinski definition) is 5. The van der Waals surface area contributed by atoms with Crippen molar-refractivity contribution < 1.29 is 0 Å². The zero-order chi connectivity index (χ0) is 9.80. The fourth-order valence-electron chi connectivity index (χ4n) is 2.08. The summed E-state index contributed by atoms with van der Waals surface area (Å²) in [5.74, 6) is 0. The van der Waals surface area contributed by atoms with Crippen LogP contribution in [-0.4, -0.2) is 29.3 Å². The first kappa shape index (κ1) is 9.86. The first-order valence-electron chi connectivity index (χ1n) is 5.14. The topological polar surface area (TPSA) is 55.0 Å². The number of nitrogens with zero attached hydrogens (tertiary/aromatic N) is 3. The maximum absolute atomic E-state index is 5.62. The zero-order valence-electron chi connectivity index (χ0n) is 8.22. The van der Waals surface area contributed by atoms with Gasteiger partial charge in [0.2, 0.25) is 5.13 Å². The molecule has 0 spiro atoms. The van der Waals surface area contributed by atoms with E-state index >= 15 is 0 Å². The molecule has 0 amide bonds.